The average molecular weight is 547 g/mol. The molecule has 5 heteroatoms. The lowest BCUT2D eigenvalue weighted by molar-refractivity contribution is -0.384. The van der Waals surface area contributed by atoms with Gasteiger partial charge >= 0.3 is 0 Å². The highest BCUT2D eigenvalue weighted by molar-refractivity contribution is 8.01. The molecule has 0 spiro atoms. The number of hydrogen-bond donors (Lipinski definition) is 0. The summed E-state index contributed by atoms with van der Waals surface area (Å²) in [7, 11) is 0. The van der Waals surface area contributed by atoms with Crippen LogP contribution in [0.5, 0.6) is 0 Å². The molecule has 4 nitrogen and oxygen atoms in total. The molecule has 0 aliphatic rings. The highest BCUT2D eigenvalue weighted by atomic mass is 32.2. The van der Waals surface area contributed by atoms with Crippen LogP contribution in [0.2, 0.25) is 0 Å². The second-order valence-electron chi connectivity index (χ2n) is 14.1. The molecule has 3 aromatic carbocycles. The van der Waals surface area contributed by atoms with E-state index in [0.717, 1.165) is 29.1 Å². The van der Waals surface area contributed by atoms with Crippen molar-refractivity contribution >= 4 is 29.0 Å². The third-order valence-corrected chi connectivity index (χ3v) is 10.0. The Hall–Kier alpha value is -2.79. The maximum Gasteiger partial charge on any atom is 0.269 e. The van der Waals surface area contributed by atoms with E-state index in [2.05, 4.69) is 122 Å². The van der Waals surface area contributed by atoms with Gasteiger partial charge in [-0.3, -0.25) is 14.4 Å². The van der Waals surface area contributed by atoms with Crippen LogP contribution in [0.15, 0.2) is 77.7 Å². The van der Waals surface area contributed by atoms with Crippen LogP contribution in [-0.2, 0) is 12.8 Å². The summed E-state index contributed by atoms with van der Waals surface area (Å²) in [5.74, 6) is 0. The molecule has 0 aromatic heterocycles. The SMILES string of the molecule is CC(C)(C)C(C)(C)Cc1ccc(N(Sc2ccc([N+](=O)[O-])cc2)c2ccc(CC(C)(C)C(C)(C)C)cc2)cc1. The van der Waals surface area contributed by atoms with E-state index in [1.165, 1.54) is 11.1 Å². The molecule has 0 saturated carbocycles. The van der Waals surface area contributed by atoms with Crippen LogP contribution in [0, 0.1) is 31.8 Å². The summed E-state index contributed by atoms with van der Waals surface area (Å²) in [4.78, 5) is 11.7. The molecule has 0 aliphatic heterocycles. The Morgan fingerprint density at radius 2 is 0.974 bits per heavy atom. The fourth-order valence-corrected chi connectivity index (χ4v) is 4.96. The molecule has 0 saturated heterocycles. The molecule has 0 bridgehead atoms. The van der Waals surface area contributed by atoms with E-state index in [1.807, 2.05) is 12.1 Å². The lowest BCUT2D eigenvalue weighted by atomic mass is 9.66. The Labute approximate surface area is 240 Å². The summed E-state index contributed by atoms with van der Waals surface area (Å²) in [6.07, 6.45) is 2.01. The monoisotopic (exact) mass is 546 g/mol. The Morgan fingerprint density at radius 3 is 1.28 bits per heavy atom. The van der Waals surface area contributed by atoms with Crippen molar-refractivity contribution in [3.8, 4) is 0 Å². The van der Waals surface area contributed by atoms with E-state index in [-0.39, 0.29) is 32.3 Å². The molecular formula is C34H46N2O2S. The first kappa shape index (κ1) is 30.7. The summed E-state index contributed by atoms with van der Waals surface area (Å²) in [6, 6.07) is 24.4. The van der Waals surface area contributed by atoms with E-state index in [4.69, 9.17) is 0 Å². The molecule has 39 heavy (non-hydrogen) atoms. The Kier molecular flexibility index (Phi) is 8.96. The number of non-ortho nitro benzene ring substituents is 1. The van der Waals surface area contributed by atoms with Gasteiger partial charge in [0.1, 0.15) is 0 Å². The normalized spacial score (nSPS) is 12.9. The number of anilines is 2. The molecule has 0 radical (unpaired) electrons. The minimum atomic E-state index is -0.359. The minimum absolute atomic E-state index is 0.0996. The highest BCUT2D eigenvalue weighted by Gasteiger charge is 2.33. The molecule has 0 aliphatic carbocycles. The van der Waals surface area contributed by atoms with Gasteiger partial charge in [0.2, 0.25) is 0 Å². The maximum absolute atomic E-state index is 11.2. The highest BCUT2D eigenvalue weighted by Crippen LogP contribution is 2.43. The fraction of sp³-hybridized carbons (Fsp3) is 0.471. The third-order valence-electron chi connectivity index (χ3n) is 8.94. The zero-order valence-electron chi connectivity index (χ0n) is 25.5. The van der Waals surface area contributed by atoms with Gasteiger partial charge in [0, 0.05) is 17.0 Å². The predicted molar refractivity (Wildman–Crippen MR) is 168 cm³/mol. The molecule has 0 N–H and O–H groups in total. The van der Waals surface area contributed by atoms with E-state index < -0.39 is 0 Å². The largest absolute Gasteiger partial charge is 0.280 e. The second kappa shape index (κ2) is 11.4. The van der Waals surface area contributed by atoms with Crippen LogP contribution in [0.1, 0.15) is 80.4 Å². The molecule has 0 heterocycles. The van der Waals surface area contributed by atoms with Crippen LogP contribution in [0.3, 0.4) is 0 Å². The van der Waals surface area contributed by atoms with Gasteiger partial charge in [-0.15, -0.1) is 0 Å². The van der Waals surface area contributed by atoms with Gasteiger partial charge in [0.05, 0.1) is 16.3 Å². The molecule has 3 rings (SSSR count). The Bertz CT molecular complexity index is 1180. The van der Waals surface area contributed by atoms with Crippen LogP contribution >= 0.6 is 11.9 Å². The van der Waals surface area contributed by atoms with Crippen LogP contribution in [-0.4, -0.2) is 4.92 Å². The van der Waals surface area contributed by atoms with Crippen molar-refractivity contribution in [3.63, 3.8) is 0 Å². The van der Waals surface area contributed by atoms with Crippen molar-refractivity contribution in [2.45, 2.75) is 87.0 Å². The van der Waals surface area contributed by atoms with E-state index in [0.29, 0.717) is 0 Å². The maximum atomic E-state index is 11.2. The van der Waals surface area contributed by atoms with E-state index >= 15 is 0 Å². The van der Waals surface area contributed by atoms with Gasteiger partial charge in [0.15, 0.2) is 0 Å². The third kappa shape index (κ3) is 7.66. The summed E-state index contributed by atoms with van der Waals surface area (Å²) >= 11 is 1.57. The van der Waals surface area contributed by atoms with E-state index in [9.17, 15) is 10.1 Å². The fourth-order valence-electron chi connectivity index (χ4n) is 4.04. The summed E-state index contributed by atoms with van der Waals surface area (Å²) in [6.45, 7) is 23.1. The number of rotatable bonds is 9. The average Bonchev–Trinajstić information content (AvgIpc) is 2.82. The second-order valence-corrected chi connectivity index (χ2v) is 15.1. The molecule has 210 valence electrons. The van der Waals surface area contributed by atoms with Gasteiger partial charge in [-0.2, -0.15) is 0 Å². The van der Waals surface area contributed by atoms with Crippen LogP contribution < -0.4 is 4.31 Å². The molecule has 0 amide bonds. The van der Waals surface area contributed by atoms with Gasteiger partial charge in [-0.25, -0.2) is 0 Å². The van der Waals surface area contributed by atoms with Crippen molar-refractivity contribution in [3.05, 3.63) is 94.0 Å². The first-order valence-corrected chi connectivity index (χ1v) is 14.6. The van der Waals surface area contributed by atoms with Gasteiger partial charge < -0.3 is 0 Å². The first-order chi connectivity index (χ1) is 17.9. The van der Waals surface area contributed by atoms with Crippen molar-refractivity contribution in [1.29, 1.82) is 0 Å². The number of benzene rings is 3. The van der Waals surface area contributed by atoms with Gasteiger partial charge in [-0.1, -0.05) is 93.5 Å². The van der Waals surface area contributed by atoms with Crippen molar-refractivity contribution in [2.24, 2.45) is 21.7 Å². The number of hydrogen-bond acceptors (Lipinski definition) is 4. The number of nitro benzene ring substituents is 1. The van der Waals surface area contributed by atoms with Crippen molar-refractivity contribution in [2.75, 3.05) is 4.31 Å². The Balaban J connectivity index is 1.93. The number of nitro groups is 1. The lowest BCUT2D eigenvalue weighted by Gasteiger charge is -2.39. The minimum Gasteiger partial charge on any atom is -0.280 e. The summed E-state index contributed by atoms with van der Waals surface area (Å²) < 4.78 is 2.21. The number of nitrogens with zero attached hydrogens (tertiary/aromatic N) is 2. The first-order valence-electron chi connectivity index (χ1n) is 13.8. The smallest absolute Gasteiger partial charge is 0.269 e. The van der Waals surface area contributed by atoms with Crippen molar-refractivity contribution < 1.29 is 4.92 Å². The van der Waals surface area contributed by atoms with Gasteiger partial charge in [0.25, 0.3) is 5.69 Å². The predicted octanol–water partition coefficient (Wildman–Crippen LogP) is 10.7. The molecule has 3 aromatic rings. The Morgan fingerprint density at radius 1 is 0.615 bits per heavy atom. The zero-order chi connectivity index (χ0) is 29.2. The van der Waals surface area contributed by atoms with Gasteiger partial charge in [-0.05, 0) is 94.0 Å². The quantitative estimate of drug-likeness (QED) is 0.152. The molecule has 0 unspecified atom stereocenters. The van der Waals surface area contributed by atoms with E-state index in [1.54, 1.807) is 24.1 Å². The molecular weight excluding hydrogens is 500 g/mol. The zero-order valence-corrected chi connectivity index (χ0v) is 26.3. The summed E-state index contributed by atoms with van der Waals surface area (Å²) in [5, 5.41) is 11.2. The summed E-state index contributed by atoms with van der Waals surface area (Å²) in [5.41, 5.74) is 5.60. The lowest BCUT2D eigenvalue weighted by Crippen LogP contribution is -2.31. The standard InChI is InChI=1S/C34H46N2O2S/c1-31(2,3)33(7,8)23-25-11-15-27(16-12-25)35(39-30-21-19-29(20-22-30)36(37)38)28-17-13-26(14-18-28)24-34(9,10)32(4,5)6/h11-22H,23-24H2,1-10H3. The van der Waals surface area contributed by atoms with Crippen LogP contribution in [0.4, 0.5) is 17.1 Å². The van der Waals surface area contributed by atoms with Crippen molar-refractivity contribution in [1.82, 2.24) is 0 Å². The van der Waals surface area contributed by atoms with Crippen LogP contribution in [0.25, 0.3) is 0 Å². The molecule has 0 atom stereocenters. The topological polar surface area (TPSA) is 46.4 Å². The molecule has 0 fully saturated rings.